The van der Waals surface area contributed by atoms with Gasteiger partial charge in [-0.3, -0.25) is 14.4 Å². The fraction of sp³-hybridized carbons (Fsp3) is 0.700. The Hall–Kier alpha value is -1.59. The van der Waals surface area contributed by atoms with Gasteiger partial charge in [0.05, 0.1) is 23.9 Å². The smallest absolute Gasteiger partial charge is 0.310 e. The van der Waals surface area contributed by atoms with Crippen molar-refractivity contribution in [3.8, 4) is 0 Å². The Morgan fingerprint density at radius 1 is 1.12 bits per heavy atom. The van der Waals surface area contributed by atoms with E-state index in [9.17, 15) is 14.4 Å². The third kappa shape index (κ3) is 1.36. The number of hydrogen-bond acceptors (Lipinski definition) is 4. The molecule has 0 aromatic heterocycles. The van der Waals surface area contributed by atoms with Gasteiger partial charge in [0.15, 0.2) is 0 Å². The van der Waals surface area contributed by atoms with Gasteiger partial charge in [0.1, 0.15) is 0 Å². The maximum atomic E-state index is 11.5. The Balaban J connectivity index is 3.13. The van der Waals surface area contributed by atoms with E-state index < -0.39 is 34.7 Å². The van der Waals surface area contributed by atoms with Gasteiger partial charge in [-0.2, -0.15) is 0 Å². The Morgan fingerprint density at radius 2 is 1.50 bits per heavy atom. The second-order valence-corrected chi connectivity index (χ2v) is 4.58. The molecule has 0 aromatic carbocycles. The van der Waals surface area contributed by atoms with Crippen molar-refractivity contribution in [2.45, 2.75) is 20.3 Å². The topological polar surface area (TPSA) is 101 Å². The summed E-state index contributed by atoms with van der Waals surface area (Å²) in [7, 11) is 1.12. The first-order chi connectivity index (χ1) is 7.20. The highest BCUT2D eigenvalue weighted by atomic mass is 16.5. The summed E-state index contributed by atoms with van der Waals surface area (Å²) in [5.74, 6) is -4.30. The van der Waals surface area contributed by atoms with E-state index in [1.54, 1.807) is 0 Å². The van der Waals surface area contributed by atoms with Gasteiger partial charge in [-0.05, 0) is 20.3 Å². The van der Waals surface area contributed by atoms with Crippen molar-refractivity contribution in [1.29, 1.82) is 0 Å². The maximum absolute atomic E-state index is 11.5. The molecular weight excluding hydrogens is 216 g/mol. The SMILES string of the molecule is COC(=O)C1C(C)(C(=O)O)CC1(C)C(=O)O. The molecular formula is C10H14O6. The van der Waals surface area contributed by atoms with Gasteiger partial charge in [0.2, 0.25) is 0 Å². The standard InChI is InChI=1S/C10H14O6/c1-9(7(12)13)4-10(2,8(14)15)5(9)6(11)16-3/h5H,4H2,1-3H3,(H,12,13)(H,14,15). The van der Waals surface area contributed by atoms with Crippen LogP contribution in [0.25, 0.3) is 0 Å². The van der Waals surface area contributed by atoms with Gasteiger partial charge in [0.25, 0.3) is 0 Å². The van der Waals surface area contributed by atoms with Gasteiger partial charge < -0.3 is 14.9 Å². The lowest BCUT2D eigenvalue weighted by atomic mass is 9.46. The lowest BCUT2D eigenvalue weighted by Crippen LogP contribution is -2.63. The molecule has 1 fully saturated rings. The van der Waals surface area contributed by atoms with E-state index in [4.69, 9.17) is 10.2 Å². The molecule has 2 N–H and O–H groups in total. The predicted octanol–water partition coefficient (Wildman–Crippen LogP) is 0.361. The summed E-state index contributed by atoms with van der Waals surface area (Å²) in [6, 6.07) is 0. The number of carbonyl (C=O) groups is 3. The molecule has 1 aliphatic carbocycles. The van der Waals surface area contributed by atoms with Crippen molar-refractivity contribution in [3.63, 3.8) is 0 Å². The normalized spacial score (nSPS) is 37.3. The van der Waals surface area contributed by atoms with Gasteiger partial charge in [0, 0.05) is 0 Å². The molecule has 2 atom stereocenters. The number of carbonyl (C=O) groups excluding carboxylic acids is 1. The lowest BCUT2D eigenvalue weighted by molar-refractivity contribution is -0.204. The zero-order valence-electron chi connectivity index (χ0n) is 9.31. The Labute approximate surface area is 92.2 Å². The summed E-state index contributed by atoms with van der Waals surface area (Å²) >= 11 is 0. The minimum Gasteiger partial charge on any atom is -0.481 e. The highest BCUT2D eigenvalue weighted by Crippen LogP contribution is 2.59. The zero-order chi connectivity index (χ0) is 12.7. The number of esters is 1. The number of aliphatic carboxylic acids is 2. The van der Waals surface area contributed by atoms with Crippen LogP contribution in [0.1, 0.15) is 20.3 Å². The van der Waals surface area contributed by atoms with E-state index in [1.165, 1.54) is 13.8 Å². The Morgan fingerprint density at radius 3 is 1.75 bits per heavy atom. The fourth-order valence-electron chi connectivity index (χ4n) is 2.58. The predicted molar refractivity (Wildman–Crippen MR) is 51.6 cm³/mol. The van der Waals surface area contributed by atoms with Crippen LogP contribution in [0.5, 0.6) is 0 Å². The van der Waals surface area contributed by atoms with Crippen molar-refractivity contribution < 1.29 is 29.3 Å². The van der Waals surface area contributed by atoms with E-state index in [2.05, 4.69) is 4.74 Å². The first kappa shape index (κ1) is 12.5. The van der Waals surface area contributed by atoms with Crippen LogP contribution in [-0.4, -0.2) is 35.2 Å². The van der Waals surface area contributed by atoms with Crippen LogP contribution in [0.15, 0.2) is 0 Å². The van der Waals surface area contributed by atoms with Crippen molar-refractivity contribution in [3.05, 3.63) is 0 Å². The van der Waals surface area contributed by atoms with Crippen molar-refractivity contribution in [2.75, 3.05) is 7.11 Å². The van der Waals surface area contributed by atoms with Crippen molar-refractivity contribution >= 4 is 17.9 Å². The summed E-state index contributed by atoms with van der Waals surface area (Å²) in [4.78, 5) is 33.6. The largest absolute Gasteiger partial charge is 0.481 e. The Bertz CT molecular complexity index is 336. The van der Waals surface area contributed by atoms with Crippen LogP contribution in [0.4, 0.5) is 0 Å². The van der Waals surface area contributed by atoms with Crippen LogP contribution in [0.3, 0.4) is 0 Å². The van der Waals surface area contributed by atoms with Gasteiger partial charge >= 0.3 is 17.9 Å². The van der Waals surface area contributed by atoms with Gasteiger partial charge in [-0.15, -0.1) is 0 Å². The third-order valence-corrected chi connectivity index (χ3v) is 3.42. The number of rotatable bonds is 3. The molecule has 2 unspecified atom stereocenters. The summed E-state index contributed by atoms with van der Waals surface area (Å²) in [5, 5.41) is 18.0. The molecule has 0 aliphatic heterocycles. The van der Waals surface area contributed by atoms with Crippen molar-refractivity contribution in [2.24, 2.45) is 16.7 Å². The van der Waals surface area contributed by atoms with Crippen LogP contribution in [-0.2, 0) is 19.1 Å². The molecule has 16 heavy (non-hydrogen) atoms. The molecule has 0 amide bonds. The van der Waals surface area contributed by atoms with Crippen LogP contribution in [0.2, 0.25) is 0 Å². The second kappa shape index (κ2) is 3.47. The average molecular weight is 230 g/mol. The summed E-state index contributed by atoms with van der Waals surface area (Å²) < 4.78 is 4.48. The third-order valence-electron chi connectivity index (χ3n) is 3.42. The molecule has 0 spiro atoms. The molecule has 1 saturated carbocycles. The van der Waals surface area contributed by atoms with E-state index in [0.29, 0.717) is 0 Å². The average Bonchev–Trinajstić information content (AvgIpc) is 2.15. The fourth-order valence-corrected chi connectivity index (χ4v) is 2.58. The molecule has 0 bridgehead atoms. The maximum Gasteiger partial charge on any atom is 0.310 e. The summed E-state index contributed by atoms with van der Waals surface area (Å²) in [6.07, 6.45) is -0.0789. The Kier molecular flexibility index (Phi) is 2.70. The van der Waals surface area contributed by atoms with E-state index in [0.717, 1.165) is 7.11 Å². The first-order valence-corrected chi connectivity index (χ1v) is 4.75. The highest BCUT2D eigenvalue weighted by molar-refractivity contribution is 5.94. The molecule has 0 saturated heterocycles. The summed E-state index contributed by atoms with van der Waals surface area (Å²) in [5.41, 5.74) is -2.72. The van der Waals surface area contributed by atoms with Crippen LogP contribution < -0.4 is 0 Å². The van der Waals surface area contributed by atoms with Crippen LogP contribution >= 0.6 is 0 Å². The lowest BCUT2D eigenvalue weighted by Gasteiger charge is -2.53. The number of hydrogen-bond donors (Lipinski definition) is 2. The van der Waals surface area contributed by atoms with Gasteiger partial charge in [-0.1, -0.05) is 0 Å². The molecule has 0 aromatic rings. The van der Waals surface area contributed by atoms with Crippen molar-refractivity contribution in [1.82, 2.24) is 0 Å². The summed E-state index contributed by atoms with van der Waals surface area (Å²) in [6.45, 7) is 2.73. The molecule has 0 heterocycles. The second-order valence-electron chi connectivity index (χ2n) is 4.58. The molecule has 6 heteroatoms. The quantitative estimate of drug-likeness (QED) is 0.679. The van der Waals surface area contributed by atoms with E-state index >= 15 is 0 Å². The van der Waals surface area contributed by atoms with E-state index in [1.807, 2.05) is 0 Å². The minimum absolute atomic E-state index is 0.0789. The first-order valence-electron chi connectivity index (χ1n) is 4.75. The highest BCUT2D eigenvalue weighted by Gasteiger charge is 2.69. The monoisotopic (exact) mass is 230 g/mol. The van der Waals surface area contributed by atoms with Crippen LogP contribution in [0, 0.1) is 16.7 Å². The van der Waals surface area contributed by atoms with Gasteiger partial charge in [-0.25, -0.2) is 0 Å². The number of carboxylic acids is 2. The molecule has 0 radical (unpaired) electrons. The number of methoxy groups -OCH3 is 1. The zero-order valence-corrected chi connectivity index (χ0v) is 9.31. The number of ether oxygens (including phenoxy) is 1. The number of carboxylic acid groups (broad SMARTS) is 2. The molecule has 1 rings (SSSR count). The van der Waals surface area contributed by atoms with E-state index in [-0.39, 0.29) is 6.42 Å². The minimum atomic E-state index is -1.36. The molecule has 1 aliphatic rings. The molecule has 90 valence electrons. The molecule has 6 nitrogen and oxygen atoms in total.